The van der Waals surface area contributed by atoms with Crippen molar-refractivity contribution in [1.29, 1.82) is 0 Å². The fraction of sp³-hybridized carbons (Fsp3) is 0.333. The highest BCUT2D eigenvalue weighted by atomic mass is 16.3. The number of amides is 2. The van der Waals surface area contributed by atoms with Gasteiger partial charge in [-0.25, -0.2) is 0 Å². The van der Waals surface area contributed by atoms with E-state index >= 15 is 0 Å². The van der Waals surface area contributed by atoms with Crippen molar-refractivity contribution in [2.45, 2.75) is 31.4 Å². The van der Waals surface area contributed by atoms with Gasteiger partial charge in [0.25, 0.3) is 5.91 Å². The van der Waals surface area contributed by atoms with Crippen LogP contribution in [0.3, 0.4) is 0 Å². The van der Waals surface area contributed by atoms with Crippen molar-refractivity contribution in [1.82, 2.24) is 5.32 Å². The maximum atomic E-state index is 13.4. The number of aliphatic hydroxyl groups is 3. The smallest absolute Gasteiger partial charge is 0.255 e. The number of phenolic OH excluding ortho intramolecular Hbond substituents is 1. The molecule has 0 radical (unpaired) electrons. The van der Waals surface area contributed by atoms with Crippen molar-refractivity contribution in [3.8, 4) is 5.75 Å². The van der Waals surface area contributed by atoms with E-state index in [1.807, 2.05) is 0 Å². The molecule has 2 amide bonds. The van der Waals surface area contributed by atoms with Gasteiger partial charge < -0.3 is 31.5 Å². The second-order valence-corrected chi connectivity index (χ2v) is 8.04. The van der Waals surface area contributed by atoms with Gasteiger partial charge in [-0.05, 0) is 30.4 Å². The van der Waals surface area contributed by atoms with Crippen molar-refractivity contribution in [3.05, 3.63) is 46.2 Å². The Bertz CT molecular complexity index is 1130. The van der Waals surface area contributed by atoms with E-state index in [0.29, 0.717) is 5.56 Å². The van der Waals surface area contributed by atoms with Crippen molar-refractivity contribution in [2.24, 2.45) is 17.6 Å². The predicted molar refractivity (Wildman–Crippen MR) is 104 cm³/mol. The molecule has 0 spiro atoms. The molecule has 1 saturated carbocycles. The second kappa shape index (κ2) is 6.67. The van der Waals surface area contributed by atoms with Crippen molar-refractivity contribution >= 4 is 29.1 Å². The minimum absolute atomic E-state index is 0.0352. The summed E-state index contributed by atoms with van der Waals surface area (Å²) in [4.78, 5) is 49.8. The van der Waals surface area contributed by atoms with Gasteiger partial charge in [0, 0.05) is 18.4 Å². The molecule has 7 N–H and O–H groups in total. The Morgan fingerprint density at radius 3 is 2.48 bits per heavy atom. The third-order valence-corrected chi connectivity index (χ3v) is 6.30. The summed E-state index contributed by atoms with van der Waals surface area (Å²) in [6.07, 6.45) is 0.124. The van der Waals surface area contributed by atoms with E-state index < -0.39 is 64.0 Å². The van der Waals surface area contributed by atoms with Crippen LogP contribution >= 0.6 is 0 Å². The molecule has 10 heteroatoms. The summed E-state index contributed by atoms with van der Waals surface area (Å²) >= 11 is 0. The molecule has 0 unspecified atom stereocenters. The molecule has 162 valence electrons. The molecule has 31 heavy (non-hydrogen) atoms. The number of hydrogen-bond acceptors (Lipinski definition) is 8. The lowest BCUT2D eigenvalue weighted by Crippen LogP contribution is -2.66. The molecule has 1 aromatic carbocycles. The average Bonchev–Trinajstić information content (AvgIpc) is 2.67. The molecule has 1 aromatic rings. The molecular weight excluding hydrogens is 408 g/mol. The number of primary amides is 1. The van der Waals surface area contributed by atoms with Crippen molar-refractivity contribution < 1.29 is 39.6 Å². The van der Waals surface area contributed by atoms with Gasteiger partial charge >= 0.3 is 0 Å². The van der Waals surface area contributed by atoms with Crippen LogP contribution in [0.4, 0.5) is 0 Å². The normalized spacial score (nSPS) is 29.8. The zero-order chi connectivity index (χ0) is 22.8. The van der Waals surface area contributed by atoms with E-state index in [9.17, 15) is 39.6 Å². The minimum Gasteiger partial charge on any atom is -0.508 e. The van der Waals surface area contributed by atoms with Crippen LogP contribution in [0.1, 0.15) is 24.5 Å². The molecule has 0 bridgehead atoms. The molecule has 0 aromatic heterocycles. The standard InChI is InChI=1S/C21H20N2O8/c1-7(24)23-15-10-6-9-5-8-3-2-4-11(25)12(8)16(26)13(9)18(28)21(10,31)19(29)14(17(15)27)20(22)30/h2-4,9-10,15,25-26,29,31H,5-6H2,1H3,(H2,22,30)(H,23,24)/t9-,10-,15+,21-/m0/s1. The quantitative estimate of drug-likeness (QED) is 0.341. The highest BCUT2D eigenvalue weighted by molar-refractivity contribution is 6.25. The third kappa shape index (κ3) is 2.68. The Morgan fingerprint density at radius 2 is 1.87 bits per heavy atom. The van der Waals surface area contributed by atoms with Gasteiger partial charge in [0.15, 0.2) is 11.4 Å². The van der Waals surface area contributed by atoms with E-state index in [1.54, 1.807) is 12.1 Å². The first kappa shape index (κ1) is 20.6. The summed E-state index contributed by atoms with van der Waals surface area (Å²) < 4.78 is 0. The average molecular weight is 428 g/mol. The summed E-state index contributed by atoms with van der Waals surface area (Å²) in [5.74, 6) is -8.15. The molecule has 4 atom stereocenters. The first-order chi connectivity index (χ1) is 14.5. The van der Waals surface area contributed by atoms with Gasteiger partial charge in [0.1, 0.15) is 22.8 Å². The summed E-state index contributed by atoms with van der Waals surface area (Å²) in [5.41, 5.74) is 1.80. The number of aromatic hydroxyl groups is 1. The lowest BCUT2D eigenvalue weighted by molar-refractivity contribution is -0.151. The van der Waals surface area contributed by atoms with E-state index in [2.05, 4.69) is 5.32 Å². The number of fused-ring (bicyclic) bond motifs is 3. The monoisotopic (exact) mass is 428 g/mol. The number of nitrogens with one attached hydrogen (secondary N) is 1. The summed E-state index contributed by atoms with van der Waals surface area (Å²) in [7, 11) is 0. The minimum atomic E-state index is -2.77. The number of phenols is 1. The second-order valence-electron chi connectivity index (χ2n) is 8.04. The fourth-order valence-electron chi connectivity index (χ4n) is 5.00. The maximum Gasteiger partial charge on any atom is 0.255 e. The molecule has 0 heterocycles. The largest absolute Gasteiger partial charge is 0.508 e. The van der Waals surface area contributed by atoms with Crippen LogP contribution in [-0.2, 0) is 25.6 Å². The maximum absolute atomic E-state index is 13.4. The van der Waals surface area contributed by atoms with E-state index in [4.69, 9.17) is 5.73 Å². The predicted octanol–water partition coefficient (Wildman–Crippen LogP) is -0.461. The summed E-state index contributed by atoms with van der Waals surface area (Å²) in [6.45, 7) is 1.12. The van der Waals surface area contributed by atoms with Crippen LogP contribution < -0.4 is 11.1 Å². The van der Waals surface area contributed by atoms with Gasteiger partial charge in [-0.15, -0.1) is 0 Å². The van der Waals surface area contributed by atoms with Gasteiger partial charge in [-0.1, -0.05) is 12.1 Å². The highest BCUT2D eigenvalue weighted by Gasteiger charge is 2.63. The number of benzene rings is 1. The Balaban J connectivity index is 1.96. The number of carbonyl (C=O) groups is 4. The molecule has 0 saturated heterocycles. The Kier molecular flexibility index (Phi) is 4.44. The van der Waals surface area contributed by atoms with Crippen LogP contribution in [0.15, 0.2) is 35.1 Å². The van der Waals surface area contributed by atoms with Crippen LogP contribution in [-0.4, -0.2) is 55.4 Å². The zero-order valence-corrected chi connectivity index (χ0v) is 16.4. The van der Waals surface area contributed by atoms with E-state index in [0.717, 1.165) is 6.92 Å². The number of rotatable bonds is 2. The molecule has 1 fully saturated rings. The fourth-order valence-corrected chi connectivity index (χ4v) is 5.00. The Hall–Kier alpha value is -3.66. The summed E-state index contributed by atoms with van der Waals surface area (Å²) in [6, 6.07) is 3.08. The van der Waals surface area contributed by atoms with Crippen LogP contribution in [0, 0.1) is 11.8 Å². The highest BCUT2D eigenvalue weighted by Crippen LogP contribution is 2.51. The number of nitrogens with two attached hydrogens (primary N) is 1. The molecular formula is C21H20N2O8. The molecule has 3 aliphatic carbocycles. The lowest BCUT2D eigenvalue weighted by Gasteiger charge is -2.48. The zero-order valence-electron chi connectivity index (χ0n) is 16.4. The number of Topliss-reactive ketones (excluding diaryl/α,β-unsaturated/α-hetero) is 2. The van der Waals surface area contributed by atoms with Crippen molar-refractivity contribution in [3.63, 3.8) is 0 Å². The first-order valence-corrected chi connectivity index (χ1v) is 9.56. The number of carbonyl (C=O) groups excluding carboxylic acids is 4. The van der Waals surface area contributed by atoms with E-state index in [1.165, 1.54) is 6.07 Å². The number of hydrogen-bond donors (Lipinski definition) is 6. The van der Waals surface area contributed by atoms with E-state index in [-0.39, 0.29) is 29.7 Å². The van der Waals surface area contributed by atoms with Crippen LogP contribution in [0.25, 0.3) is 5.76 Å². The topological polar surface area (TPSA) is 187 Å². The molecule has 4 rings (SSSR count). The summed E-state index contributed by atoms with van der Waals surface area (Å²) in [5, 5.41) is 45.3. The Morgan fingerprint density at radius 1 is 1.19 bits per heavy atom. The van der Waals surface area contributed by atoms with Gasteiger partial charge in [0.2, 0.25) is 11.7 Å². The third-order valence-electron chi connectivity index (χ3n) is 6.30. The van der Waals surface area contributed by atoms with Crippen LogP contribution in [0.5, 0.6) is 5.75 Å². The molecule has 10 nitrogen and oxygen atoms in total. The SMILES string of the molecule is CC(=O)N[C@H]1C(=O)C(C(N)=O)=C(O)[C@@]2(O)C(=O)C3=C(O)c4c(O)cccc4C[C@H]3C[C@@H]12. The Labute approximate surface area is 175 Å². The van der Waals surface area contributed by atoms with Gasteiger partial charge in [-0.2, -0.15) is 0 Å². The first-order valence-electron chi connectivity index (χ1n) is 9.56. The van der Waals surface area contributed by atoms with Crippen LogP contribution in [0.2, 0.25) is 0 Å². The molecule has 0 aliphatic heterocycles. The van der Waals surface area contributed by atoms with Gasteiger partial charge in [-0.3, -0.25) is 19.2 Å². The van der Waals surface area contributed by atoms with Crippen molar-refractivity contribution in [2.75, 3.05) is 0 Å². The molecule has 3 aliphatic rings. The lowest BCUT2D eigenvalue weighted by atomic mass is 9.57. The van der Waals surface area contributed by atoms with Gasteiger partial charge in [0.05, 0.1) is 11.6 Å². The number of ketones is 2. The number of aliphatic hydroxyl groups excluding tert-OH is 2.